The van der Waals surface area contributed by atoms with Gasteiger partial charge in [0.25, 0.3) is 0 Å². The Hall–Kier alpha value is -5.41. The van der Waals surface area contributed by atoms with Crippen molar-refractivity contribution in [1.29, 1.82) is 0 Å². The van der Waals surface area contributed by atoms with Gasteiger partial charge >= 0.3 is 0 Å². The predicted octanol–water partition coefficient (Wildman–Crippen LogP) is 9.49. The highest BCUT2D eigenvalue weighted by Crippen LogP contribution is 2.43. The zero-order chi connectivity index (χ0) is 26.5. The summed E-state index contributed by atoms with van der Waals surface area (Å²) in [6.45, 7) is 0. The quantitative estimate of drug-likeness (QED) is 0.223. The summed E-state index contributed by atoms with van der Waals surface area (Å²) < 4.78 is 0. The maximum Gasteiger partial charge on any atom is 0.0794 e. The average molecular weight is 510 g/mol. The van der Waals surface area contributed by atoms with Crippen LogP contribution in [0.1, 0.15) is 0 Å². The van der Waals surface area contributed by atoms with Crippen LogP contribution in [0.25, 0.3) is 76.9 Å². The molecule has 8 aromatic rings. The van der Waals surface area contributed by atoms with Gasteiger partial charge in [-0.25, -0.2) is 4.98 Å². The first-order valence-corrected chi connectivity index (χ1v) is 13.4. The Labute approximate surface area is 231 Å². The summed E-state index contributed by atoms with van der Waals surface area (Å²) in [4.78, 5) is 14.1. The van der Waals surface area contributed by atoms with Gasteiger partial charge in [-0.15, -0.1) is 0 Å². The Morgan fingerprint density at radius 3 is 1.77 bits per heavy atom. The molecule has 0 N–H and O–H groups in total. The molecule has 0 atom stereocenters. The molecule has 8 rings (SSSR count). The first-order chi connectivity index (χ1) is 19.8. The normalized spacial score (nSPS) is 11.5. The Bertz CT molecular complexity index is 2220. The number of fused-ring (bicyclic) bond motifs is 8. The van der Waals surface area contributed by atoms with Gasteiger partial charge in [-0.1, -0.05) is 84.9 Å². The van der Waals surface area contributed by atoms with Crippen LogP contribution in [0.4, 0.5) is 0 Å². The summed E-state index contributed by atoms with van der Waals surface area (Å²) in [6.07, 6.45) is 5.48. The van der Waals surface area contributed by atoms with Gasteiger partial charge in [0.15, 0.2) is 0 Å². The highest BCUT2D eigenvalue weighted by molar-refractivity contribution is 6.33. The van der Waals surface area contributed by atoms with E-state index in [-0.39, 0.29) is 0 Å². The van der Waals surface area contributed by atoms with E-state index in [0.29, 0.717) is 0 Å². The summed E-state index contributed by atoms with van der Waals surface area (Å²) in [5.41, 5.74) is 7.31. The molecule has 0 bridgehead atoms. The molecule has 186 valence electrons. The van der Waals surface area contributed by atoms with E-state index in [9.17, 15) is 0 Å². The van der Waals surface area contributed by atoms with Crippen LogP contribution in [0.15, 0.2) is 140 Å². The standard InChI is InChI=1S/C37H23N3/c1-3-12-30-28(10-1)29-11-2-4-13-31(29)36-35(30)32-14-5-6-15-33(32)40-37(36)27-9-7-8-25(22-27)26-18-21-39-34(23-26)24-16-19-38-20-17-24/h1-23H. The molecule has 0 saturated carbocycles. The van der Waals surface area contributed by atoms with Gasteiger partial charge in [0.05, 0.1) is 16.9 Å². The molecule has 0 fully saturated rings. The lowest BCUT2D eigenvalue weighted by molar-refractivity contribution is 1.29. The second-order valence-corrected chi connectivity index (χ2v) is 10.1. The minimum Gasteiger partial charge on any atom is -0.265 e. The third-order valence-electron chi connectivity index (χ3n) is 7.78. The van der Waals surface area contributed by atoms with Crippen molar-refractivity contribution in [2.24, 2.45) is 0 Å². The number of para-hydroxylation sites is 1. The smallest absolute Gasteiger partial charge is 0.0794 e. The van der Waals surface area contributed by atoms with Crippen LogP contribution in [-0.4, -0.2) is 15.0 Å². The number of rotatable bonds is 3. The Balaban J connectivity index is 1.43. The summed E-state index contributed by atoms with van der Waals surface area (Å²) in [5.74, 6) is 0. The Morgan fingerprint density at radius 1 is 0.400 bits per heavy atom. The molecule has 3 nitrogen and oxygen atoms in total. The summed E-state index contributed by atoms with van der Waals surface area (Å²) in [7, 11) is 0. The van der Waals surface area contributed by atoms with E-state index < -0.39 is 0 Å². The Morgan fingerprint density at radius 2 is 1.00 bits per heavy atom. The molecule has 5 aromatic carbocycles. The number of nitrogens with zero attached hydrogens (tertiary/aromatic N) is 3. The SMILES string of the molecule is c1cc(-c2ccnc(-c3ccncc3)c2)cc(-c2nc3ccccc3c3c4ccccc4c4ccccc4c23)c1. The highest BCUT2D eigenvalue weighted by Gasteiger charge is 2.17. The topological polar surface area (TPSA) is 38.7 Å². The van der Waals surface area contributed by atoms with Crippen molar-refractivity contribution in [1.82, 2.24) is 15.0 Å². The van der Waals surface area contributed by atoms with E-state index in [0.717, 1.165) is 39.2 Å². The molecule has 40 heavy (non-hydrogen) atoms. The van der Waals surface area contributed by atoms with Gasteiger partial charge in [-0.2, -0.15) is 0 Å². The van der Waals surface area contributed by atoms with Crippen LogP contribution in [-0.2, 0) is 0 Å². The average Bonchev–Trinajstić information content (AvgIpc) is 3.05. The molecule has 0 aliphatic heterocycles. The van der Waals surface area contributed by atoms with Gasteiger partial charge in [-0.3, -0.25) is 9.97 Å². The number of pyridine rings is 3. The lowest BCUT2D eigenvalue weighted by Gasteiger charge is -2.16. The highest BCUT2D eigenvalue weighted by atomic mass is 14.7. The monoisotopic (exact) mass is 509 g/mol. The molecule has 3 heterocycles. The van der Waals surface area contributed by atoms with Crippen molar-refractivity contribution in [3.8, 4) is 33.6 Å². The Kier molecular flexibility index (Phi) is 5.14. The number of aromatic nitrogens is 3. The van der Waals surface area contributed by atoms with Crippen molar-refractivity contribution in [3.63, 3.8) is 0 Å². The largest absolute Gasteiger partial charge is 0.265 e. The van der Waals surface area contributed by atoms with E-state index in [1.54, 1.807) is 12.4 Å². The third kappa shape index (κ3) is 3.56. The van der Waals surface area contributed by atoms with Gasteiger partial charge in [0, 0.05) is 45.9 Å². The van der Waals surface area contributed by atoms with E-state index >= 15 is 0 Å². The molecule has 0 saturated heterocycles. The molecule has 0 aliphatic rings. The van der Waals surface area contributed by atoms with E-state index in [2.05, 4.69) is 119 Å². The van der Waals surface area contributed by atoms with E-state index in [1.807, 2.05) is 18.3 Å². The molecule has 0 aliphatic carbocycles. The fourth-order valence-corrected chi connectivity index (χ4v) is 5.97. The van der Waals surface area contributed by atoms with Gasteiger partial charge in [0.2, 0.25) is 0 Å². The maximum absolute atomic E-state index is 5.31. The molecule has 3 aromatic heterocycles. The summed E-state index contributed by atoms with van der Waals surface area (Å²) in [5, 5.41) is 8.61. The van der Waals surface area contributed by atoms with Crippen molar-refractivity contribution >= 4 is 43.2 Å². The molecule has 0 amide bonds. The van der Waals surface area contributed by atoms with Gasteiger partial charge in [-0.05, 0) is 69.1 Å². The van der Waals surface area contributed by atoms with Crippen LogP contribution in [0.3, 0.4) is 0 Å². The fraction of sp³-hybridized carbons (Fsp3) is 0. The van der Waals surface area contributed by atoms with Crippen molar-refractivity contribution < 1.29 is 0 Å². The maximum atomic E-state index is 5.31. The van der Waals surface area contributed by atoms with Crippen molar-refractivity contribution in [2.45, 2.75) is 0 Å². The number of hydrogen-bond acceptors (Lipinski definition) is 3. The molecular weight excluding hydrogens is 486 g/mol. The molecule has 0 spiro atoms. The lowest BCUT2D eigenvalue weighted by atomic mass is 9.89. The zero-order valence-electron chi connectivity index (χ0n) is 21.6. The minimum atomic E-state index is 0.928. The van der Waals surface area contributed by atoms with E-state index in [4.69, 9.17) is 4.98 Å². The third-order valence-corrected chi connectivity index (χ3v) is 7.78. The second kappa shape index (κ2) is 9.11. The van der Waals surface area contributed by atoms with Crippen LogP contribution in [0.5, 0.6) is 0 Å². The first-order valence-electron chi connectivity index (χ1n) is 13.4. The van der Waals surface area contributed by atoms with Gasteiger partial charge < -0.3 is 0 Å². The summed E-state index contributed by atoms with van der Waals surface area (Å²) >= 11 is 0. The van der Waals surface area contributed by atoms with Crippen LogP contribution < -0.4 is 0 Å². The molecule has 0 unspecified atom stereocenters. The summed E-state index contributed by atoms with van der Waals surface area (Å²) in [6, 6.07) is 42.9. The van der Waals surface area contributed by atoms with E-state index in [1.165, 1.54) is 37.7 Å². The number of hydrogen-bond donors (Lipinski definition) is 0. The van der Waals surface area contributed by atoms with Gasteiger partial charge in [0.1, 0.15) is 0 Å². The van der Waals surface area contributed by atoms with Crippen molar-refractivity contribution in [2.75, 3.05) is 0 Å². The second-order valence-electron chi connectivity index (χ2n) is 10.1. The predicted molar refractivity (Wildman–Crippen MR) is 166 cm³/mol. The molecular formula is C37H23N3. The first kappa shape index (κ1) is 22.6. The minimum absolute atomic E-state index is 0.928. The molecule has 3 heteroatoms. The molecule has 0 radical (unpaired) electrons. The van der Waals surface area contributed by atoms with Crippen LogP contribution >= 0.6 is 0 Å². The van der Waals surface area contributed by atoms with Crippen LogP contribution in [0, 0.1) is 0 Å². The lowest BCUT2D eigenvalue weighted by Crippen LogP contribution is -1.93. The van der Waals surface area contributed by atoms with Crippen LogP contribution in [0.2, 0.25) is 0 Å². The fourth-order valence-electron chi connectivity index (χ4n) is 5.97. The van der Waals surface area contributed by atoms with Crippen molar-refractivity contribution in [3.05, 3.63) is 140 Å². The zero-order valence-corrected chi connectivity index (χ0v) is 21.6. The number of benzene rings is 5.